The second kappa shape index (κ2) is 5.67. The molecule has 7 heteroatoms. The number of carbonyl (C=O) groups is 1. The summed E-state index contributed by atoms with van der Waals surface area (Å²) in [6.45, 7) is 2.38. The first-order valence-corrected chi connectivity index (χ1v) is 7.94. The van der Waals surface area contributed by atoms with Gasteiger partial charge in [0, 0.05) is 43.1 Å². The summed E-state index contributed by atoms with van der Waals surface area (Å²) in [5.74, 6) is 1.73. The number of aromatic nitrogens is 2. The zero-order valence-corrected chi connectivity index (χ0v) is 12.2. The highest BCUT2D eigenvalue weighted by molar-refractivity contribution is 7.99. The Labute approximate surface area is 122 Å². The molecule has 0 spiro atoms. The predicted octanol–water partition coefficient (Wildman–Crippen LogP) is 0.540. The van der Waals surface area contributed by atoms with Crippen LogP contribution in [0, 0.1) is 0 Å². The highest BCUT2D eigenvalue weighted by Gasteiger charge is 2.28. The van der Waals surface area contributed by atoms with Gasteiger partial charge < -0.3 is 10.4 Å². The number of nitrogens with zero attached hydrogens (tertiary/aromatic N) is 3. The first-order valence-electron chi connectivity index (χ1n) is 6.78. The number of fused-ring (bicyclic) bond motifs is 1. The molecule has 1 saturated heterocycles. The Morgan fingerprint density at radius 2 is 2.35 bits per heavy atom. The summed E-state index contributed by atoms with van der Waals surface area (Å²) in [5, 5.41) is 12.6. The SMILES string of the molecule is CN1CCSCC1c1nc2c(c(C(=O)O)n1)CNCC2. The van der Waals surface area contributed by atoms with Crippen LogP contribution in [0.3, 0.4) is 0 Å². The van der Waals surface area contributed by atoms with Crippen LogP contribution in [-0.4, -0.2) is 57.6 Å². The van der Waals surface area contributed by atoms with Gasteiger partial charge in [0.25, 0.3) is 0 Å². The summed E-state index contributed by atoms with van der Waals surface area (Å²) >= 11 is 1.87. The Morgan fingerprint density at radius 1 is 1.50 bits per heavy atom. The first kappa shape index (κ1) is 13.8. The molecule has 2 N–H and O–H groups in total. The summed E-state index contributed by atoms with van der Waals surface area (Å²) in [6.07, 6.45) is 0.773. The van der Waals surface area contributed by atoms with Crippen LogP contribution in [0.25, 0.3) is 0 Å². The molecule has 1 fully saturated rings. The van der Waals surface area contributed by atoms with E-state index in [1.54, 1.807) is 0 Å². The van der Waals surface area contributed by atoms with Crippen molar-refractivity contribution in [3.05, 3.63) is 22.8 Å². The van der Waals surface area contributed by atoms with Gasteiger partial charge in [-0.3, -0.25) is 4.90 Å². The number of aromatic carboxylic acids is 1. The minimum absolute atomic E-state index is 0.118. The number of nitrogens with one attached hydrogen (secondary N) is 1. The van der Waals surface area contributed by atoms with Crippen LogP contribution in [0.5, 0.6) is 0 Å². The molecular formula is C13H18N4O2S. The number of carboxylic acids is 1. The van der Waals surface area contributed by atoms with E-state index < -0.39 is 5.97 Å². The molecule has 0 amide bonds. The summed E-state index contributed by atoms with van der Waals surface area (Å²) in [7, 11) is 2.05. The molecule has 1 aromatic rings. The molecule has 6 nitrogen and oxygen atoms in total. The number of hydrogen-bond acceptors (Lipinski definition) is 6. The molecular weight excluding hydrogens is 276 g/mol. The van der Waals surface area contributed by atoms with Gasteiger partial charge in [-0.05, 0) is 7.05 Å². The van der Waals surface area contributed by atoms with Crippen molar-refractivity contribution in [1.82, 2.24) is 20.2 Å². The maximum absolute atomic E-state index is 11.5. The lowest BCUT2D eigenvalue weighted by Gasteiger charge is -2.31. The third kappa shape index (κ3) is 2.53. The summed E-state index contributed by atoms with van der Waals surface area (Å²) in [4.78, 5) is 22.7. The van der Waals surface area contributed by atoms with Crippen LogP contribution in [0.2, 0.25) is 0 Å². The van der Waals surface area contributed by atoms with Gasteiger partial charge in [0.15, 0.2) is 5.69 Å². The van der Waals surface area contributed by atoms with Gasteiger partial charge in [-0.15, -0.1) is 0 Å². The maximum atomic E-state index is 11.5. The highest BCUT2D eigenvalue weighted by Crippen LogP contribution is 2.27. The fourth-order valence-corrected chi connectivity index (χ4v) is 3.86. The lowest BCUT2D eigenvalue weighted by atomic mass is 10.0. The third-order valence-electron chi connectivity index (χ3n) is 3.85. The Kier molecular flexibility index (Phi) is 3.91. The first-order chi connectivity index (χ1) is 9.66. The molecule has 1 atom stereocenters. The quantitative estimate of drug-likeness (QED) is 0.824. The maximum Gasteiger partial charge on any atom is 0.354 e. The molecule has 108 valence electrons. The fraction of sp³-hybridized carbons (Fsp3) is 0.615. The normalized spacial score (nSPS) is 23.4. The molecule has 0 saturated carbocycles. The van der Waals surface area contributed by atoms with Crippen molar-refractivity contribution in [1.29, 1.82) is 0 Å². The van der Waals surface area contributed by atoms with Crippen LogP contribution in [0.4, 0.5) is 0 Å². The molecule has 0 aromatic carbocycles. The Bertz CT molecular complexity index is 537. The van der Waals surface area contributed by atoms with Gasteiger partial charge >= 0.3 is 5.97 Å². The molecule has 3 rings (SSSR count). The summed E-state index contributed by atoms with van der Waals surface area (Å²) < 4.78 is 0. The van der Waals surface area contributed by atoms with Crippen LogP contribution < -0.4 is 5.32 Å². The van der Waals surface area contributed by atoms with Gasteiger partial charge in [-0.2, -0.15) is 11.8 Å². The van der Waals surface area contributed by atoms with Crippen molar-refractivity contribution >= 4 is 17.7 Å². The van der Waals surface area contributed by atoms with Crippen LogP contribution in [0.1, 0.15) is 33.6 Å². The smallest absolute Gasteiger partial charge is 0.354 e. The number of rotatable bonds is 2. The van der Waals surface area contributed by atoms with E-state index in [0.29, 0.717) is 12.4 Å². The van der Waals surface area contributed by atoms with Crippen molar-refractivity contribution < 1.29 is 9.90 Å². The topological polar surface area (TPSA) is 78.4 Å². The average molecular weight is 294 g/mol. The second-order valence-electron chi connectivity index (χ2n) is 5.16. The Balaban J connectivity index is 2.03. The Hall–Kier alpha value is -1.18. The van der Waals surface area contributed by atoms with Crippen LogP contribution in [-0.2, 0) is 13.0 Å². The number of thioether (sulfide) groups is 1. The summed E-state index contributed by atoms with van der Waals surface area (Å²) in [5.41, 5.74) is 1.81. The number of hydrogen-bond donors (Lipinski definition) is 2. The van der Waals surface area contributed by atoms with Crippen LogP contribution in [0.15, 0.2) is 0 Å². The van der Waals surface area contributed by atoms with E-state index in [0.717, 1.165) is 42.3 Å². The van der Waals surface area contributed by atoms with Crippen molar-refractivity contribution in [2.45, 2.75) is 19.0 Å². The summed E-state index contributed by atoms with van der Waals surface area (Å²) in [6, 6.07) is 0.118. The average Bonchev–Trinajstić information content (AvgIpc) is 2.46. The molecule has 3 heterocycles. The monoisotopic (exact) mass is 294 g/mol. The molecule has 20 heavy (non-hydrogen) atoms. The fourth-order valence-electron chi connectivity index (χ4n) is 2.65. The van der Waals surface area contributed by atoms with Gasteiger partial charge in [-0.1, -0.05) is 0 Å². The molecule has 1 aromatic heterocycles. The zero-order chi connectivity index (χ0) is 14.1. The van der Waals surface area contributed by atoms with E-state index in [2.05, 4.69) is 27.2 Å². The number of carboxylic acid groups (broad SMARTS) is 1. The van der Waals surface area contributed by atoms with Gasteiger partial charge in [0.05, 0.1) is 11.7 Å². The second-order valence-corrected chi connectivity index (χ2v) is 6.31. The van der Waals surface area contributed by atoms with E-state index in [1.165, 1.54) is 0 Å². The largest absolute Gasteiger partial charge is 0.476 e. The van der Waals surface area contributed by atoms with E-state index >= 15 is 0 Å². The minimum atomic E-state index is -0.959. The lowest BCUT2D eigenvalue weighted by Crippen LogP contribution is -2.35. The van der Waals surface area contributed by atoms with Crippen molar-refractivity contribution in [3.8, 4) is 0 Å². The van der Waals surface area contributed by atoms with Crippen molar-refractivity contribution in [3.63, 3.8) is 0 Å². The third-order valence-corrected chi connectivity index (χ3v) is 4.87. The van der Waals surface area contributed by atoms with Crippen molar-refractivity contribution in [2.24, 2.45) is 0 Å². The minimum Gasteiger partial charge on any atom is -0.476 e. The predicted molar refractivity (Wildman–Crippen MR) is 77.1 cm³/mol. The van der Waals surface area contributed by atoms with Crippen LogP contribution >= 0.6 is 11.8 Å². The molecule has 0 bridgehead atoms. The van der Waals surface area contributed by atoms with E-state index in [-0.39, 0.29) is 11.7 Å². The highest BCUT2D eigenvalue weighted by atomic mass is 32.2. The molecule has 2 aliphatic heterocycles. The molecule has 0 radical (unpaired) electrons. The molecule has 2 aliphatic rings. The van der Waals surface area contributed by atoms with E-state index in [4.69, 9.17) is 0 Å². The van der Waals surface area contributed by atoms with Gasteiger partial charge in [-0.25, -0.2) is 14.8 Å². The zero-order valence-electron chi connectivity index (χ0n) is 11.4. The molecule has 1 unspecified atom stereocenters. The Morgan fingerprint density at radius 3 is 3.10 bits per heavy atom. The molecule has 0 aliphatic carbocycles. The van der Waals surface area contributed by atoms with Gasteiger partial charge in [0.1, 0.15) is 5.82 Å². The standard InChI is InChI=1S/C13H18N4O2S/c1-17-4-5-20-7-10(17)12-15-9-2-3-14-6-8(9)11(16-12)13(18)19/h10,14H,2-7H2,1H3,(H,18,19). The van der Waals surface area contributed by atoms with E-state index in [9.17, 15) is 9.90 Å². The lowest BCUT2D eigenvalue weighted by molar-refractivity contribution is 0.0687. The van der Waals surface area contributed by atoms with Gasteiger partial charge in [0.2, 0.25) is 0 Å². The van der Waals surface area contributed by atoms with Crippen molar-refractivity contribution in [2.75, 3.05) is 31.6 Å². The van der Waals surface area contributed by atoms with E-state index in [1.807, 2.05) is 11.8 Å².